The van der Waals surface area contributed by atoms with Gasteiger partial charge in [0.1, 0.15) is 18.9 Å². The summed E-state index contributed by atoms with van der Waals surface area (Å²) < 4.78 is 31.1. The van der Waals surface area contributed by atoms with Gasteiger partial charge in [-0.1, -0.05) is 6.07 Å². The van der Waals surface area contributed by atoms with Gasteiger partial charge in [0.2, 0.25) is 5.82 Å². The van der Waals surface area contributed by atoms with Gasteiger partial charge in [-0.3, -0.25) is 19.1 Å². The van der Waals surface area contributed by atoms with Gasteiger partial charge < -0.3 is 14.2 Å². The lowest BCUT2D eigenvalue weighted by Crippen LogP contribution is -2.34. The molecule has 1 aliphatic heterocycles. The number of halogens is 1. The summed E-state index contributed by atoms with van der Waals surface area (Å²) in [7, 11) is 0. The fourth-order valence-electron chi connectivity index (χ4n) is 2.65. The minimum atomic E-state index is -1.09. The van der Waals surface area contributed by atoms with E-state index in [2.05, 4.69) is 0 Å². The van der Waals surface area contributed by atoms with Gasteiger partial charge in [0.15, 0.2) is 0 Å². The molecule has 140 valence electrons. The first-order valence-corrected chi connectivity index (χ1v) is 8.76. The van der Waals surface area contributed by atoms with E-state index >= 15 is 0 Å². The third-order valence-electron chi connectivity index (χ3n) is 3.89. The highest BCUT2D eigenvalue weighted by Crippen LogP contribution is 2.31. The summed E-state index contributed by atoms with van der Waals surface area (Å²) in [5, 5.41) is 1.92. The second-order valence-electron chi connectivity index (χ2n) is 5.74. The average Bonchev–Trinajstić information content (AvgIpc) is 3.23. The maximum absolute atomic E-state index is 13.5. The Hall–Kier alpha value is -2.30. The molecule has 1 fully saturated rings. The number of H-pyrrole nitrogens is 1. The molecular weight excluding hydrogens is 367 g/mol. The summed E-state index contributed by atoms with van der Waals surface area (Å²) in [5.74, 6) is -1.56. The van der Waals surface area contributed by atoms with Crippen LogP contribution in [0.2, 0.25) is 0 Å². The van der Waals surface area contributed by atoms with Crippen LogP contribution in [0.4, 0.5) is 4.39 Å². The third kappa shape index (κ3) is 4.26. The molecule has 0 amide bonds. The zero-order chi connectivity index (χ0) is 18.7. The number of hydrogen-bond acceptors (Lipinski definition) is 7. The molecule has 8 nitrogen and oxygen atoms in total. The lowest BCUT2D eigenvalue weighted by molar-refractivity contribution is -0.148. The Balaban J connectivity index is 1.76. The number of esters is 1. The van der Waals surface area contributed by atoms with Gasteiger partial charge in [-0.2, -0.15) is 4.39 Å². The Labute approximate surface area is 151 Å². The summed E-state index contributed by atoms with van der Waals surface area (Å²) in [6.45, 7) is 1.56. The van der Waals surface area contributed by atoms with E-state index in [1.807, 2.05) is 22.5 Å². The number of rotatable bonds is 6. The first kappa shape index (κ1) is 18.5. The van der Waals surface area contributed by atoms with Gasteiger partial charge in [0.05, 0.1) is 18.9 Å². The van der Waals surface area contributed by atoms with Crippen molar-refractivity contribution in [2.75, 3.05) is 6.61 Å². The fourth-order valence-corrected chi connectivity index (χ4v) is 3.28. The summed E-state index contributed by atoms with van der Waals surface area (Å²) in [5.41, 5.74) is -1.88. The smallest absolute Gasteiger partial charge is 0.330 e. The number of aromatic nitrogens is 2. The highest BCUT2D eigenvalue weighted by molar-refractivity contribution is 7.09. The van der Waals surface area contributed by atoms with E-state index in [-0.39, 0.29) is 13.0 Å². The van der Waals surface area contributed by atoms with E-state index in [0.717, 1.165) is 15.6 Å². The second kappa shape index (κ2) is 7.94. The minimum absolute atomic E-state index is 0.0540. The maximum Gasteiger partial charge on any atom is 0.330 e. The van der Waals surface area contributed by atoms with Crippen LogP contribution in [0.1, 0.15) is 24.4 Å². The third-order valence-corrected chi connectivity index (χ3v) is 4.74. The zero-order valence-corrected chi connectivity index (χ0v) is 14.7. The van der Waals surface area contributed by atoms with Crippen LogP contribution < -0.4 is 11.2 Å². The summed E-state index contributed by atoms with van der Waals surface area (Å²) >= 11 is 1.53. The topological polar surface area (TPSA) is 99.6 Å². The Morgan fingerprint density at radius 2 is 2.31 bits per heavy atom. The van der Waals surface area contributed by atoms with Crippen LogP contribution in [0, 0.1) is 5.82 Å². The van der Waals surface area contributed by atoms with Crippen LogP contribution in [0.5, 0.6) is 0 Å². The number of nitrogens with one attached hydrogen (secondary N) is 1. The van der Waals surface area contributed by atoms with Gasteiger partial charge in [-0.05, 0) is 11.4 Å². The average molecular weight is 384 g/mol. The molecule has 0 spiro atoms. The molecule has 0 bridgehead atoms. The summed E-state index contributed by atoms with van der Waals surface area (Å²) in [4.78, 5) is 37.1. The van der Waals surface area contributed by atoms with Gasteiger partial charge >= 0.3 is 11.7 Å². The SMILES string of the molecule is CC(=O)OC[C@H]1O[C@@H](n2cc(F)c(=O)[nH]c2=O)C[C@@H]1OCc1cccs1. The van der Waals surface area contributed by atoms with Gasteiger partial charge in [-0.15, -0.1) is 11.3 Å². The number of aromatic amines is 1. The predicted octanol–water partition coefficient (Wildman–Crippen LogP) is 1.17. The van der Waals surface area contributed by atoms with Crippen molar-refractivity contribution in [3.63, 3.8) is 0 Å². The van der Waals surface area contributed by atoms with Crippen molar-refractivity contribution in [3.05, 3.63) is 55.2 Å². The van der Waals surface area contributed by atoms with Crippen molar-refractivity contribution in [1.82, 2.24) is 9.55 Å². The molecule has 1 saturated heterocycles. The molecule has 1 aliphatic rings. The van der Waals surface area contributed by atoms with E-state index in [0.29, 0.717) is 6.61 Å². The summed E-state index contributed by atoms with van der Waals surface area (Å²) in [6.07, 6.45) is -0.893. The van der Waals surface area contributed by atoms with Crippen LogP contribution in [-0.2, 0) is 25.6 Å². The first-order chi connectivity index (χ1) is 12.4. The largest absolute Gasteiger partial charge is 0.463 e. The van der Waals surface area contributed by atoms with Gasteiger partial charge in [0.25, 0.3) is 5.56 Å². The Kier molecular flexibility index (Phi) is 5.64. The van der Waals surface area contributed by atoms with E-state index in [1.54, 1.807) is 0 Å². The molecule has 0 unspecified atom stereocenters. The second-order valence-corrected chi connectivity index (χ2v) is 6.77. The first-order valence-electron chi connectivity index (χ1n) is 7.88. The number of hydrogen-bond donors (Lipinski definition) is 1. The lowest BCUT2D eigenvalue weighted by Gasteiger charge is -2.18. The van der Waals surface area contributed by atoms with E-state index in [9.17, 15) is 18.8 Å². The highest BCUT2D eigenvalue weighted by atomic mass is 32.1. The Morgan fingerprint density at radius 1 is 1.50 bits per heavy atom. The number of carbonyl (C=O) groups is 1. The monoisotopic (exact) mass is 384 g/mol. The molecule has 3 heterocycles. The number of ether oxygens (including phenoxy) is 3. The molecule has 26 heavy (non-hydrogen) atoms. The molecule has 0 radical (unpaired) electrons. The standard InChI is InChI=1S/C16H17FN2O6S/c1-9(20)23-8-13-12(24-7-10-3-2-4-26-10)5-14(25-13)19-6-11(17)15(21)18-16(19)22/h2-4,6,12-14H,5,7-8H2,1H3,(H,18,21,22)/t12-,13+,14+/m0/s1. The van der Waals surface area contributed by atoms with E-state index in [1.165, 1.54) is 18.3 Å². The van der Waals surface area contributed by atoms with E-state index < -0.39 is 41.5 Å². The van der Waals surface area contributed by atoms with Crippen molar-refractivity contribution >= 4 is 17.3 Å². The van der Waals surface area contributed by atoms with E-state index in [4.69, 9.17) is 14.2 Å². The molecule has 3 rings (SSSR count). The van der Waals surface area contributed by atoms with Crippen LogP contribution in [0.3, 0.4) is 0 Å². The fraction of sp³-hybridized carbons (Fsp3) is 0.438. The van der Waals surface area contributed by atoms with Crippen molar-refractivity contribution in [3.8, 4) is 0 Å². The molecule has 1 N–H and O–H groups in total. The molecule has 3 atom stereocenters. The van der Waals surface area contributed by atoms with Gasteiger partial charge in [0, 0.05) is 18.2 Å². The quantitative estimate of drug-likeness (QED) is 0.751. The maximum atomic E-state index is 13.5. The highest BCUT2D eigenvalue weighted by Gasteiger charge is 2.38. The summed E-state index contributed by atoms with van der Waals surface area (Å²) in [6, 6.07) is 3.82. The number of nitrogens with zero attached hydrogens (tertiary/aromatic N) is 1. The predicted molar refractivity (Wildman–Crippen MR) is 89.3 cm³/mol. The molecule has 0 aliphatic carbocycles. The van der Waals surface area contributed by atoms with Crippen molar-refractivity contribution < 1.29 is 23.4 Å². The van der Waals surface area contributed by atoms with Gasteiger partial charge in [-0.25, -0.2) is 4.79 Å². The molecular formula is C16H17FN2O6S. The van der Waals surface area contributed by atoms with Crippen LogP contribution >= 0.6 is 11.3 Å². The zero-order valence-electron chi connectivity index (χ0n) is 13.8. The number of thiophene rings is 1. The van der Waals surface area contributed by atoms with Crippen LogP contribution in [-0.4, -0.2) is 34.3 Å². The van der Waals surface area contributed by atoms with Crippen molar-refractivity contribution in [2.24, 2.45) is 0 Å². The Morgan fingerprint density at radius 3 is 3.00 bits per heavy atom. The lowest BCUT2D eigenvalue weighted by atomic mass is 10.2. The normalized spacial score (nSPS) is 22.5. The van der Waals surface area contributed by atoms with Crippen LogP contribution in [0.25, 0.3) is 0 Å². The molecule has 2 aromatic rings. The Bertz CT molecular complexity index is 878. The molecule has 0 saturated carbocycles. The minimum Gasteiger partial charge on any atom is -0.463 e. The molecule has 0 aromatic carbocycles. The van der Waals surface area contributed by atoms with Crippen molar-refractivity contribution in [2.45, 2.75) is 38.4 Å². The van der Waals surface area contributed by atoms with Crippen LogP contribution in [0.15, 0.2) is 33.3 Å². The number of carbonyl (C=O) groups excluding carboxylic acids is 1. The molecule has 10 heteroatoms. The molecule has 2 aromatic heterocycles. The van der Waals surface area contributed by atoms with Crippen molar-refractivity contribution in [1.29, 1.82) is 0 Å².